The third-order valence-electron chi connectivity index (χ3n) is 3.58. The lowest BCUT2D eigenvalue weighted by Gasteiger charge is -2.23. The van der Waals surface area contributed by atoms with Crippen LogP contribution in [0.1, 0.15) is 25.7 Å². The van der Waals surface area contributed by atoms with E-state index in [1.54, 1.807) is 17.3 Å². The van der Waals surface area contributed by atoms with Gasteiger partial charge in [0, 0.05) is 22.0 Å². The minimum absolute atomic E-state index is 0.115. The van der Waals surface area contributed by atoms with Gasteiger partial charge in [0.1, 0.15) is 5.41 Å². The zero-order chi connectivity index (χ0) is 13.6. The SMILES string of the molecule is NC(=O)C1(C(=O)N(c2ncc(I)cn2)C2CC2)CC1. The Balaban J connectivity index is 1.92. The first kappa shape index (κ1) is 12.8. The van der Waals surface area contributed by atoms with Gasteiger partial charge in [-0.2, -0.15) is 0 Å². The first-order valence-electron chi connectivity index (χ1n) is 6.16. The van der Waals surface area contributed by atoms with Gasteiger partial charge < -0.3 is 5.73 Å². The highest BCUT2D eigenvalue weighted by Gasteiger charge is 2.59. The van der Waals surface area contributed by atoms with Gasteiger partial charge in [-0.15, -0.1) is 0 Å². The first-order chi connectivity index (χ1) is 9.04. The summed E-state index contributed by atoms with van der Waals surface area (Å²) in [6.07, 6.45) is 6.25. The number of halogens is 1. The molecule has 1 heterocycles. The van der Waals surface area contributed by atoms with Crippen LogP contribution in [0.15, 0.2) is 12.4 Å². The molecule has 0 bridgehead atoms. The predicted octanol–water partition coefficient (Wildman–Crippen LogP) is 0.842. The highest BCUT2D eigenvalue weighted by molar-refractivity contribution is 14.1. The number of aromatic nitrogens is 2. The fourth-order valence-electron chi connectivity index (χ4n) is 2.10. The van der Waals surface area contributed by atoms with Gasteiger partial charge in [-0.25, -0.2) is 9.97 Å². The molecular formula is C12H13IN4O2. The molecule has 2 amide bonds. The van der Waals surface area contributed by atoms with Gasteiger partial charge in [0.25, 0.3) is 0 Å². The molecule has 2 aliphatic rings. The van der Waals surface area contributed by atoms with E-state index in [1.807, 2.05) is 0 Å². The van der Waals surface area contributed by atoms with E-state index in [4.69, 9.17) is 5.73 Å². The second-order valence-corrected chi connectivity index (χ2v) is 6.30. The molecule has 2 saturated carbocycles. The topological polar surface area (TPSA) is 89.2 Å². The van der Waals surface area contributed by atoms with Crippen LogP contribution in [0.3, 0.4) is 0 Å². The second kappa shape index (κ2) is 4.39. The molecule has 6 nitrogen and oxygen atoms in total. The molecule has 0 saturated heterocycles. The average Bonchev–Trinajstić information content (AvgIpc) is 3.26. The van der Waals surface area contributed by atoms with E-state index in [9.17, 15) is 9.59 Å². The van der Waals surface area contributed by atoms with Gasteiger partial charge in [-0.1, -0.05) is 0 Å². The van der Waals surface area contributed by atoms with Crippen molar-refractivity contribution in [1.29, 1.82) is 0 Å². The molecule has 0 unspecified atom stereocenters. The summed E-state index contributed by atoms with van der Waals surface area (Å²) in [6.45, 7) is 0. The van der Waals surface area contributed by atoms with Crippen LogP contribution in [0.25, 0.3) is 0 Å². The van der Waals surface area contributed by atoms with E-state index < -0.39 is 11.3 Å². The van der Waals surface area contributed by atoms with E-state index in [1.165, 1.54) is 0 Å². The van der Waals surface area contributed by atoms with Crippen molar-refractivity contribution >= 4 is 40.4 Å². The van der Waals surface area contributed by atoms with E-state index in [2.05, 4.69) is 32.6 Å². The van der Waals surface area contributed by atoms with Gasteiger partial charge in [0.2, 0.25) is 17.8 Å². The maximum absolute atomic E-state index is 12.6. The lowest BCUT2D eigenvalue weighted by atomic mass is 10.0. The average molecular weight is 372 g/mol. The van der Waals surface area contributed by atoms with Gasteiger partial charge >= 0.3 is 0 Å². The molecule has 0 spiro atoms. The van der Waals surface area contributed by atoms with Crippen molar-refractivity contribution in [2.75, 3.05) is 4.90 Å². The summed E-state index contributed by atoms with van der Waals surface area (Å²) in [4.78, 5) is 34.0. The number of amides is 2. The van der Waals surface area contributed by atoms with Crippen LogP contribution in [-0.2, 0) is 9.59 Å². The Kier molecular flexibility index (Phi) is 2.95. The van der Waals surface area contributed by atoms with Crippen molar-refractivity contribution in [2.45, 2.75) is 31.7 Å². The summed E-state index contributed by atoms with van der Waals surface area (Å²) < 4.78 is 0.903. The third-order valence-corrected chi connectivity index (χ3v) is 4.14. The smallest absolute Gasteiger partial charge is 0.245 e. The van der Waals surface area contributed by atoms with Crippen LogP contribution in [0.4, 0.5) is 5.95 Å². The Bertz CT molecular complexity index is 537. The first-order valence-corrected chi connectivity index (χ1v) is 7.23. The maximum Gasteiger partial charge on any atom is 0.245 e. The van der Waals surface area contributed by atoms with Crippen LogP contribution >= 0.6 is 22.6 Å². The molecule has 0 aromatic carbocycles. The lowest BCUT2D eigenvalue weighted by molar-refractivity contribution is -0.133. The Morgan fingerprint density at radius 2 is 1.89 bits per heavy atom. The fraction of sp³-hybridized carbons (Fsp3) is 0.500. The number of hydrogen-bond acceptors (Lipinski definition) is 4. The standard InChI is InChI=1S/C12H13IN4O2/c13-7-5-15-11(16-6-7)17(8-1-2-8)10(19)12(3-4-12)9(14)18/h5-6,8H,1-4H2,(H2,14,18). The number of hydrogen-bond donors (Lipinski definition) is 1. The normalized spacial score (nSPS) is 19.8. The Labute approximate surface area is 123 Å². The Morgan fingerprint density at radius 1 is 1.32 bits per heavy atom. The van der Waals surface area contributed by atoms with E-state index in [0.717, 1.165) is 16.4 Å². The van der Waals surface area contributed by atoms with Crippen molar-refractivity contribution in [2.24, 2.45) is 11.1 Å². The number of nitrogens with two attached hydrogens (primary N) is 1. The zero-order valence-corrected chi connectivity index (χ0v) is 12.3. The van der Waals surface area contributed by atoms with Crippen molar-refractivity contribution in [1.82, 2.24) is 9.97 Å². The fourth-order valence-corrected chi connectivity index (χ4v) is 2.38. The largest absolute Gasteiger partial charge is 0.369 e. The molecule has 7 heteroatoms. The quantitative estimate of drug-likeness (QED) is 0.627. The number of rotatable bonds is 4. The van der Waals surface area contributed by atoms with Crippen LogP contribution in [-0.4, -0.2) is 27.8 Å². The molecule has 1 aromatic rings. The molecule has 3 rings (SSSR count). The molecule has 0 radical (unpaired) electrons. The molecule has 1 aromatic heterocycles. The molecule has 2 aliphatic carbocycles. The Hall–Kier alpha value is -1.25. The van der Waals surface area contributed by atoms with E-state index in [0.29, 0.717) is 18.8 Å². The van der Waals surface area contributed by atoms with Gasteiger partial charge in [-0.05, 0) is 48.3 Å². The third kappa shape index (κ3) is 2.19. The van der Waals surface area contributed by atoms with Crippen LogP contribution < -0.4 is 10.6 Å². The molecule has 100 valence electrons. The highest BCUT2D eigenvalue weighted by atomic mass is 127. The minimum Gasteiger partial charge on any atom is -0.369 e. The van der Waals surface area contributed by atoms with E-state index >= 15 is 0 Å². The summed E-state index contributed by atoms with van der Waals surface area (Å²) in [5, 5.41) is 0. The number of primary amides is 1. The lowest BCUT2D eigenvalue weighted by Crippen LogP contribution is -2.45. The molecule has 2 fully saturated rings. The van der Waals surface area contributed by atoms with Crippen LogP contribution in [0, 0.1) is 8.99 Å². The number of anilines is 1. The number of nitrogens with zero attached hydrogens (tertiary/aromatic N) is 3. The summed E-state index contributed by atoms with van der Waals surface area (Å²) in [5.74, 6) is -0.391. The van der Waals surface area contributed by atoms with E-state index in [-0.39, 0.29) is 11.9 Å². The monoisotopic (exact) mass is 372 g/mol. The predicted molar refractivity (Wildman–Crippen MR) is 76.1 cm³/mol. The van der Waals surface area contributed by atoms with Gasteiger partial charge in [-0.3, -0.25) is 14.5 Å². The summed E-state index contributed by atoms with van der Waals surface area (Å²) in [7, 11) is 0. The van der Waals surface area contributed by atoms with Crippen molar-refractivity contribution in [3.05, 3.63) is 16.0 Å². The number of carbonyl (C=O) groups is 2. The molecule has 2 N–H and O–H groups in total. The van der Waals surface area contributed by atoms with Crippen LogP contribution in [0.5, 0.6) is 0 Å². The molecule has 19 heavy (non-hydrogen) atoms. The van der Waals surface area contributed by atoms with Gasteiger partial charge in [0.05, 0.1) is 0 Å². The van der Waals surface area contributed by atoms with Crippen molar-refractivity contribution in [3.8, 4) is 0 Å². The zero-order valence-electron chi connectivity index (χ0n) is 10.2. The maximum atomic E-state index is 12.6. The molecule has 0 atom stereocenters. The van der Waals surface area contributed by atoms with Gasteiger partial charge in [0.15, 0.2) is 0 Å². The summed E-state index contributed by atoms with van der Waals surface area (Å²) in [6, 6.07) is 0.115. The van der Waals surface area contributed by atoms with Crippen LogP contribution in [0.2, 0.25) is 0 Å². The summed E-state index contributed by atoms with van der Waals surface area (Å²) >= 11 is 2.11. The second-order valence-electron chi connectivity index (χ2n) is 5.05. The summed E-state index contributed by atoms with van der Waals surface area (Å²) in [5.41, 5.74) is 4.36. The Morgan fingerprint density at radius 3 is 2.32 bits per heavy atom. The minimum atomic E-state index is -1.01. The number of carbonyl (C=O) groups excluding carboxylic acids is 2. The van der Waals surface area contributed by atoms with Crippen molar-refractivity contribution < 1.29 is 9.59 Å². The molecular weight excluding hydrogens is 359 g/mol. The van der Waals surface area contributed by atoms with Crippen molar-refractivity contribution in [3.63, 3.8) is 0 Å². The highest BCUT2D eigenvalue weighted by Crippen LogP contribution is 2.49. The molecule has 0 aliphatic heterocycles.